The lowest BCUT2D eigenvalue weighted by Gasteiger charge is -2.24. The largest absolute Gasteiger partial charge is 0.480 e. The molecule has 2 N–H and O–H groups in total. The number of carbonyl (C=O) groups excluding carboxylic acids is 1. The number of methoxy groups -OCH3 is 1. The number of ether oxygens (including phenoxy) is 2. The van der Waals surface area contributed by atoms with Gasteiger partial charge in [0.2, 0.25) is 0 Å². The van der Waals surface area contributed by atoms with E-state index in [4.69, 9.17) is 9.47 Å². The van der Waals surface area contributed by atoms with Crippen molar-refractivity contribution in [3.63, 3.8) is 0 Å². The molecule has 0 aliphatic carbocycles. The van der Waals surface area contributed by atoms with E-state index in [1.54, 1.807) is 18.9 Å². The lowest BCUT2D eigenvalue weighted by atomic mass is 9.93. The van der Waals surface area contributed by atoms with Crippen LogP contribution in [0.3, 0.4) is 0 Å². The van der Waals surface area contributed by atoms with Gasteiger partial charge in [0, 0.05) is 38.4 Å². The van der Waals surface area contributed by atoms with Crippen LogP contribution in [0.15, 0.2) is 42.5 Å². The van der Waals surface area contributed by atoms with Crippen LogP contribution in [0.1, 0.15) is 73.9 Å². The summed E-state index contributed by atoms with van der Waals surface area (Å²) in [6, 6.07) is 13.2. The number of unbranched alkanes of at least 4 members (excludes halogenated alkanes) is 1. The molecule has 3 unspecified atom stereocenters. The molecule has 1 heterocycles. The zero-order chi connectivity index (χ0) is 30.5. The molecule has 1 amide bonds. The first-order valence-corrected chi connectivity index (χ1v) is 16.8. The first-order chi connectivity index (χ1) is 20.3. The Hall–Kier alpha value is -2.39. The molecule has 42 heavy (non-hydrogen) atoms. The Bertz CT molecular complexity index is 1140. The van der Waals surface area contributed by atoms with E-state index in [-0.39, 0.29) is 18.1 Å². The third-order valence-electron chi connectivity index (χ3n) is 8.32. The van der Waals surface area contributed by atoms with E-state index in [0.717, 1.165) is 48.2 Å². The number of aliphatic carboxylic acids is 1. The molecule has 1 saturated heterocycles. The Morgan fingerprint density at radius 3 is 2.60 bits per heavy atom. The molecule has 1 aliphatic heterocycles. The number of hydrogen-bond acceptors (Lipinski definition) is 6. The molecule has 2 aromatic carbocycles. The predicted octanol–water partition coefficient (Wildman–Crippen LogP) is 6.42. The number of likely N-dealkylation sites (tertiary alicyclic amines) is 1. The lowest BCUT2D eigenvalue weighted by molar-refractivity contribution is -0.139. The molecule has 0 bridgehead atoms. The minimum absolute atomic E-state index is 0.177. The average molecular weight is 599 g/mol. The summed E-state index contributed by atoms with van der Waals surface area (Å²) in [7, 11) is 1.75. The van der Waals surface area contributed by atoms with Crippen LogP contribution >= 0.6 is 11.8 Å². The van der Waals surface area contributed by atoms with E-state index < -0.39 is 12.0 Å². The van der Waals surface area contributed by atoms with Crippen molar-refractivity contribution in [3.8, 4) is 11.1 Å². The molecule has 1 aliphatic rings. The lowest BCUT2D eigenvalue weighted by Crippen LogP contribution is -2.41. The molecule has 0 aromatic heterocycles. The Morgan fingerprint density at radius 2 is 1.93 bits per heavy atom. The minimum atomic E-state index is -1.02. The minimum Gasteiger partial charge on any atom is -0.480 e. The quantitative estimate of drug-likeness (QED) is 0.205. The fraction of sp³-hybridized carbons (Fsp3) is 0.588. The Balaban J connectivity index is 1.82. The summed E-state index contributed by atoms with van der Waals surface area (Å²) >= 11 is 1.56. The number of carboxylic acids is 1. The van der Waals surface area contributed by atoms with Gasteiger partial charge >= 0.3 is 5.97 Å². The summed E-state index contributed by atoms with van der Waals surface area (Å²) < 4.78 is 12.0. The SMILES string of the molecule is CCCCC(CC)COC1C[C@@H](COC)N(Cc2ccc(C(=O)NC(CCSC)C(=O)O)c(-c3ccccc3C)c2)C1. The van der Waals surface area contributed by atoms with Crippen molar-refractivity contribution in [3.05, 3.63) is 59.2 Å². The number of carbonyl (C=O) groups is 2. The zero-order valence-corrected chi connectivity index (χ0v) is 26.9. The Morgan fingerprint density at radius 1 is 1.14 bits per heavy atom. The molecule has 8 heteroatoms. The van der Waals surface area contributed by atoms with Crippen molar-refractivity contribution in [1.82, 2.24) is 10.2 Å². The molecule has 3 rings (SSSR count). The summed E-state index contributed by atoms with van der Waals surface area (Å²) in [6.45, 7) is 9.53. The zero-order valence-electron chi connectivity index (χ0n) is 26.1. The molecule has 1 fully saturated rings. The number of benzene rings is 2. The van der Waals surface area contributed by atoms with Gasteiger partial charge in [-0.05, 0) is 78.5 Å². The first kappa shape index (κ1) is 34.1. The number of nitrogens with zero attached hydrogens (tertiary/aromatic N) is 1. The summed E-state index contributed by atoms with van der Waals surface area (Å²) in [5.41, 5.74) is 4.42. The second kappa shape index (κ2) is 17.7. The van der Waals surface area contributed by atoms with E-state index >= 15 is 0 Å². The number of nitrogens with one attached hydrogen (secondary N) is 1. The maximum atomic E-state index is 13.5. The fourth-order valence-electron chi connectivity index (χ4n) is 5.74. The van der Waals surface area contributed by atoms with Gasteiger partial charge in [-0.3, -0.25) is 9.69 Å². The summed E-state index contributed by atoms with van der Waals surface area (Å²) in [6.07, 6.45) is 8.24. The molecule has 0 saturated carbocycles. The standard InChI is InChI=1S/C34H50N2O5S/c1-6-8-12-25(7-2)22-41-28-19-27(23-40-4)36(21-28)20-26-14-15-30(31(18-26)29-13-10-9-11-24(29)3)33(37)35-32(34(38)39)16-17-42-5/h9-11,13-15,18,25,27-28,32H,6-8,12,16-17,19-23H2,1-5H3,(H,35,37)(H,38,39)/t25?,27-,28?,32?/m0/s1. The van der Waals surface area contributed by atoms with Crippen molar-refractivity contribution < 1.29 is 24.2 Å². The van der Waals surface area contributed by atoms with E-state index in [9.17, 15) is 14.7 Å². The highest BCUT2D eigenvalue weighted by atomic mass is 32.2. The average Bonchev–Trinajstić information content (AvgIpc) is 3.36. The second-order valence-corrected chi connectivity index (χ2v) is 12.5. The normalized spacial score (nSPS) is 18.6. The van der Waals surface area contributed by atoms with Gasteiger partial charge in [-0.1, -0.05) is 63.4 Å². The second-order valence-electron chi connectivity index (χ2n) is 11.5. The van der Waals surface area contributed by atoms with Crippen molar-refractivity contribution in [2.75, 3.05) is 38.9 Å². The third-order valence-corrected chi connectivity index (χ3v) is 8.97. The van der Waals surface area contributed by atoms with E-state index in [1.807, 2.05) is 49.6 Å². The van der Waals surface area contributed by atoms with Crippen LogP contribution in [-0.2, 0) is 20.8 Å². The first-order valence-electron chi connectivity index (χ1n) is 15.4. The highest BCUT2D eigenvalue weighted by Crippen LogP contribution is 2.31. The van der Waals surface area contributed by atoms with E-state index in [1.165, 1.54) is 19.3 Å². The van der Waals surface area contributed by atoms with Crippen LogP contribution in [0.5, 0.6) is 0 Å². The molecule has 0 spiro atoms. The molecule has 0 radical (unpaired) electrons. The van der Waals surface area contributed by atoms with Gasteiger partial charge in [-0.2, -0.15) is 11.8 Å². The molecular weight excluding hydrogens is 548 g/mol. The number of amides is 1. The van der Waals surface area contributed by atoms with Crippen LogP contribution in [0, 0.1) is 12.8 Å². The molecule has 232 valence electrons. The Kier molecular flexibility index (Phi) is 14.3. The van der Waals surface area contributed by atoms with Crippen molar-refractivity contribution in [1.29, 1.82) is 0 Å². The van der Waals surface area contributed by atoms with Crippen LogP contribution < -0.4 is 5.32 Å². The van der Waals surface area contributed by atoms with Gasteiger partial charge in [-0.15, -0.1) is 0 Å². The molecular formula is C34H50N2O5S. The summed E-state index contributed by atoms with van der Waals surface area (Å²) in [5.74, 6) is -0.121. The molecule has 7 nitrogen and oxygen atoms in total. The monoisotopic (exact) mass is 598 g/mol. The Labute approximate surface area is 256 Å². The predicted molar refractivity (Wildman–Crippen MR) is 172 cm³/mol. The maximum Gasteiger partial charge on any atom is 0.326 e. The topological polar surface area (TPSA) is 88.1 Å². The number of thioether (sulfide) groups is 1. The maximum absolute atomic E-state index is 13.5. The van der Waals surface area contributed by atoms with Gasteiger partial charge in [0.05, 0.1) is 12.7 Å². The molecule has 4 atom stereocenters. The number of hydrogen-bond donors (Lipinski definition) is 2. The highest BCUT2D eigenvalue weighted by Gasteiger charge is 2.33. The van der Waals surface area contributed by atoms with Gasteiger partial charge in [0.25, 0.3) is 5.91 Å². The van der Waals surface area contributed by atoms with Crippen molar-refractivity contribution >= 4 is 23.6 Å². The van der Waals surface area contributed by atoms with Crippen molar-refractivity contribution in [2.24, 2.45) is 5.92 Å². The van der Waals surface area contributed by atoms with Crippen molar-refractivity contribution in [2.45, 2.75) is 84.0 Å². The van der Waals surface area contributed by atoms with Gasteiger partial charge in [0.1, 0.15) is 6.04 Å². The van der Waals surface area contributed by atoms with Gasteiger partial charge < -0.3 is 19.9 Å². The van der Waals surface area contributed by atoms with Crippen LogP contribution in [0.25, 0.3) is 11.1 Å². The van der Waals surface area contributed by atoms with Crippen LogP contribution in [0.4, 0.5) is 0 Å². The van der Waals surface area contributed by atoms with Gasteiger partial charge in [-0.25, -0.2) is 4.79 Å². The number of rotatable bonds is 18. The smallest absolute Gasteiger partial charge is 0.326 e. The van der Waals surface area contributed by atoms with Crippen LogP contribution in [-0.4, -0.2) is 78.9 Å². The fourth-order valence-corrected chi connectivity index (χ4v) is 6.21. The third kappa shape index (κ3) is 9.83. The van der Waals surface area contributed by atoms with Gasteiger partial charge in [0.15, 0.2) is 0 Å². The number of aryl methyl sites for hydroxylation is 1. The van der Waals surface area contributed by atoms with E-state index in [0.29, 0.717) is 36.8 Å². The summed E-state index contributed by atoms with van der Waals surface area (Å²) in [4.78, 5) is 27.7. The molecule has 2 aromatic rings. The summed E-state index contributed by atoms with van der Waals surface area (Å²) in [5, 5.41) is 12.5. The van der Waals surface area contributed by atoms with Crippen LogP contribution in [0.2, 0.25) is 0 Å². The highest BCUT2D eigenvalue weighted by molar-refractivity contribution is 7.98. The van der Waals surface area contributed by atoms with E-state index in [2.05, 4.69) is 30.1 Å². The number of carboxylic acid groups (broad SMARTS) is 1.